The van der Waals surface area contributed by atoms with Crippen molar-refractivity contribution in [3.8, 4) is 11.1 Å². The molecular weight excluding hydrogens is 375 g/mol. The Hall–Kier alpha value is -2.45. The molecular formula is C20H23FN6S. The molecule has 0 spiro atoms. The lowest BCUT2D eigenvalue weighted by Gasteiger charge is -2.29. The Kier molecular flexibility index (Phi) is 5.59. The average molecular weight is 399 g/mol. The monoisotopic (exact) mass is 398 g/mol. The van der Waals surface area contributed by atoms with Gasteiger partial charge in [-0.15, -0.1) is 22.8 Å². The molecule has 2 aliphatic rings. The minimum atomic E-state index is -0.453. The summed E-state index contributed by atoms with van der Waals surface area (Å²) >= 11 is 4.63. The van der Waals surface area contributed by atoms with Gasteiger partial charge in [0.15, 0.2) is 0 Å². The van der Waals surface area contributed by atoms with Crippen LogP contribution in [-0.2, 0) is 0 Å². The van der Waals surface area contributed by atoms with E-state index in [2.05, 4.69) is 56.2 Å². The van der Waals surface area contributed by atoms with Gasteiger partial charge in [0, 0.05) is 43.1 Å². The Morgan fingerprint density at radius 2 is 2.00 bits per heavy atom. The summed E-state index contributed by atoms with van der Waals surface area (Å²) in [4.78, 5) is 3.03. The highest BCUT2D eigenvalue weighted by Crippen LogP contribution is 2.27. The molecule has 0 radical (unpaired) electrons. The number of piperazine rings is 1. The second-order valence-electron chi connectivity index (χ2n) is 6.90. The van der Waals surface area contributed by atoms with Crippen LogP contribution in [0.3, 0.4) is 0 Å². The van der Waals surface area contributed by atoms with E-state index >= 15 is 0 Å². The van der Waals surface area contributed by atoms with E-state index < -0.39 is 5.95 Å². The molecule has 1 aromatic heterocycles. The lowest BCUT2D eigenvalue weighted by atomic mass is 10.0. The molecule has 3 heterocycles. The van der Waals surface area contributed by atoms with Gasteiger partial charge in [-0.3, -0.25) is 5.10 Å². The van der Waals surface area contributed by atoms with E-state index in [1.807, 2.05) is 18.2 Å². The number of amidine groups is 1. The first-order chi connectivity index (χ1) is 13.7. The summed E-state index contributed by atoms with van der Waals surface area (Å²) in [5.74, 6) is 0.563. The van der Waals surface area contributed by atoms with Crippen molar-refractivity contribution in [1.29, 1.82) is 0 Å². The van der Waals surface area contributed by atoms with E-state index in [1.165, 1.54) is 11.8 Å². The number of rotatable bonds is 3. The van der Waals surface area contributed by atoms with Crippen LogP contribution in [0.1, 0.15) is 25.3 Å². The highest BCUT2D eigenvalue weighted by Gasteiger charge is 2.19. The Balaban J connectivity index is 1.67. The molecule has 2 aromatic rings. The molecule has 0 unspecified atom stereocenters. The first kappa shape index (κ1) is 18.9. The SMILES string of the molecule is CCC1=CC(c2ccc(-c3cn[nH]c3F)cc2S)=NN=C(N2CCNCC2)C1. The van der Waals surface area contributed by atoms with Gasteiger partial charge in [-0.25, -0.2) is 0 Å². The molecule has 0 aliphatic carbocycles. The third-order valence-electron chi connectivity index (χ3n) is 5.11. The van der Waals surface area contributed by atoms with Crippen LogP contribution in [-0.4, -0.2) is 52.8 Å². The van der Waals surface area contributed by atoms with Gasteiger partial charge >= 0.3 is 0 Å². The number of H-pyrrole nitrogens is 1. The second-order valence-corrected chi connectivity index (χ2v) is 7.38. The number of nitrogens with zero attached hydrogens (tertiary/aromatic N) is 4. The van der Waals surface area contributed by atoms with Crippen LogP contribution in [0.25, 0.3) is 11.1 Å². The lowest BCUT2D eigenvalue weighted by molar-refractivity contribution is 0.352. The van der Waals surface area contributed by atoms with Gasteiger partial charge < -0.3 is 10.2 Å². The van der Waals surface area contributed by atoms with E-state index in [1.54, 1.807) is 0 Å². The van der Waals surface area contributed by atoms with E-state index in [0.29, 0.717) is 5.56 Å². The van der Waals surface area contributed by atoms with Gasteiger partial charge in [0.05, 0.1) is 17.5 Å². The number of benzene rings is 1. The molecule has 6 nitrogen and oxygen atoms in total. The maximum atomic E-state index is 13.8. The standard InChI is InChI=1S/C20H23FN6S/c1-2-13-9-17(24-25-19(10-13)27-7-5-22-6-8-27)15-4-3-14(11-18(15)28)16-12-23-26-20(16)21/h3-4,9,11-12,22,28H,2,5-8,10H2,1H3,(H,23,26). The topological polar surface area (TPSA) is 68.7 Å². The molecule has 2 aliphatic heterocycles. The maximum Gasteiger partial charge on any atom is 0.216 e. The molecule has 0 amide bonds. The number of thiol groups is 1. The van der Waals surface area contributed by atoms with Gasteiger partial charge in [-0.1, -0.05) is 24.6 Å². The van der Waals surface area contributed by atoms with Crippen LogP contribution in [0, 0.1) is 5.95 Å². The fraction of sp³-hybridized carbons (Fsp3) is 0.350. The van der Waals surface area contributed by atoms with Crippen LogP contribution >= 0.6 is 12.6 Å². The second kappa shape index (κ2) is 8.28. The first-order valence-electron chi connectivity index (χ1n) is 9.48. The smallest absolute Gasteiger partial charge is 0.216 e. The summed E-state index contributed by atoms with van der Waals surface area (Å²) in [7, 11) is 0. The molecule has 8 heteroatoms. The van der Waals surface area contributed by atoms with E-state index in [-0.39, 0.29) is 0 Å². The van der Waals surface area contributed by atoms with Gasteiger partial charge in [-0.2, -0.15) is 9.49 Å². The van der Waals surface area contributed by atoms with E-state index in [9.17, 15) is 4.39 Å². The number of hydrogen-bond donors (Lipinski definition) is 3. The fourth-order valence-electron chi connectivity index (χ4n) is 3.47. The number of halogens is 1. The van der Waals surface area contributed by atoms with Crippen molar-refractivity contribution >= 4 is 24.2 Å². The predicted molar refractivity (Wildman–Crippen MR) is 113 cm³/mol. The minimum Gasteiger partial charge on any atom is -0.356 e. The maximum absolute atomic E-state index is 13.8. The molecule has 146 valence electrons. The summed E-state index contributed by atoms with van der Waals surface area (Å²) in [6, 6.07) is 5.61. The van der Waals surface area contributed by atoms with Crippen molar-refractivity contribution in [1.82, 2.24) is 20.4 Å². The first-order valence-corrected chi connectivity index (χ1v) is 9.92. The number of aromatic amines is 1. The molecule has 0 atom stereocenters. The molecule has 0 bridgehead atoms. The summed E-state index contributed by atoms with van der Waals surface area (Å²) < 4.78 is 13.8. The Bertz CT molecular complexity index is 955. The number of nitrogens with one attached hydrogen (secondary N) is 2. The third-order valence-corrected chi connectivity index (χ3v) is 5.48. The van der Waals surface area contributed by atoms with Crippen molar-refractivity contribution < 1.29 is 4.39 Å². The molecule has 2 N–H and O–H groups in total. The average Bonchev–Trinajstić information content (AvgIpc) is 3.03. The third kappa shape index (κ3) is 3.88. The van der Waals surface area contributed by atoms with Crippen LogP contribution < -0.4 is 5.32 Å². The molecule has 1 aromatic carbocycles. The normalized spacial score (nSPS) is 17.7. The van der Waals surface area contributed by atoms with E-state index in [4.69, 9.17) is 0 Å². The van der Waals surface area contributed by atoms with Crippen molar-refractivity contribution in [2.24, 2.45) is 10.2 Å². The van der Waals surface area contributed by atoms with Crippen LogP contribution in [0.15, 0.2) is 51.1 Å². The van der Waals surface area contributed by atoms with Crippen LogP contribution in [0.5, 0.6) is 0 Å². The number of allylic oxidation sites excluding steroid dienone is 1. The number of hydrogen-bond acceptors (Lipinski definition) is 6. The van der Waals surface area contributed by atoms with Crippen LogP contribution in [0.2, 0.25) is 0 Å². The fourth-order valence-corrected chi connectivity index (χ4v) is 3.80. The van der Waals surface area contributed by atoms with Gasteiger partial charge in [0.1, 0.15) is 5.84 Å². The Labute approximate surface area is 169 Å². The van der Waals surface area contributed by atoms with Crippen molar-refractivity contribution in [2.75, 3.05) is 26.2 Å². The zero-order chi connectivity index (χ0) is 19.5. The molecule has 28 heavy (non-hydrogen) atoms. The minimum absolute atomic E-state index is 0.424. The quantitative estimate of drug-likeness (QED) is 0.695. The molecule has 0 saturated carbocycles. The van der Waals surface area contributed by atoms with Crippen LogP contribution in [0.4, 0.5) is 4.39 Å². The lowest BCUT2D eigenvalue weighted by Crippen LogP contribution is -2.46. The molecule has 1 saturated heterocycles. The summed E-state index contributed by atoms with van der Waals surface area (Å²) in [5.41, 5.74) is 4.09. The number of aromatic nitrogens is 2. The molecule has 4 rings (SSSR count). The van der Waals surface area contributed by atoms with Crippen molar-refractivity contribution in [3.05, 3.63) is 47.6 Å². The van der Waals surface area contributed by atoms with Gasteiger partial charge in [0.25, 0.3) is 0 Å². The Morgan fingerprint density at radius 3 is 2.68 bits per heavy atom. The summed E-state index contributed by atoms with van der Waals surface area (Å²) in [5, 5.41) is 18.5. The summed E-state index contributed by atoms with van der Waals surface area (Å²) in [6.07, 6.45) is 5.32. The molecule has 1 fully saturated rings. The van der Waals surface area contributed by atoms with Gasteiger partial charge in [0.2, 0.25) is 5.95 Å². The predicted octanol–water partition coefficient (Wildman–Crippen LogP) is 3.25. The van der Waals surface area contributed by atoms with E-state index in [0.717, 1.165) is 66.6 Å². The highest BCUT2D eigenvalue weighted by atomic mass is 32.1. The zero-order valence-corrected chi connectivity index (χ0v) is 16.6. The highest BCUT2D eigenvalue weighted by molar-refractivity contribution is 7.80. The zero-order valence-electron chi connectivity index (χ0n) is 15.7. The van der Waals surface area contributed by atoms with Gasteiger partial charge in [-0.05, 0) is 24.1 Å². The summed E-state index contributed by atoms with van der Waals surface area (Å²) in [6.45, 7) is 5.98. The Morgan fingerprint density at radius 1 is 1.18 bits per heavy atom. The van der Waals surface area contributed by atoms with Crippen molar-refractivity contribution in [3.63, 3.8) is 0 Å². The van der Waals surface area contributed by atoms with Crippen molar-refractivity contribution in [2.45, 2.75) is 24.7 Å². The largest absolute Gasteiger partial charge is 0.356 e.